The van der Waals surface area contributed by atoms with Crippen LogP contribution >= 0.6 is 12.4 Å². The first-order valence-electron chi connectivity index (χ1n) is 9.50. The van der Waals surface area contributed by atoms with Crippen molar-refractivity contribution in [2.24, 2.45) is 11.7 Å². The van der Waals surface area contributed by atoms with Crippen molar-refractivity contribution in [1.29, 1.82) is 0 Å². The maximum absolute atomic E-state index is 12.7. The van der Waals surface area contributed by atoms with Gasteiger partial charge in [0.25, 0.3) is 0 Å². The Hall–Kier alpha value is -1.15. The van der Waals surface area contributed by atoms with E-state index in [4.69, 9.17) is 5.73 Å². The summed E-state index contributed by atoms with van der Waals surface area (Å²) in [6.07, 6.45) is 4.18. The van der Waals surface area contributed by atoms with Crippen LogP contribution in [-0.4, -0.2) is 55.8 Å². The Morgan fingerprint density at radius 3 is 2.33 bits per heavy atom. The summed E-state index contributed by atoms with van der Waals surface area (Å²) in [4.78, 5) is 14.8. The second-order valence-electron chi connectivity index (χ2n) is 7.52. The zero-order chi connectivity index (χ0) is 18.7. The highest BCUT2D eigenvalue weighted by Gasteiger charge is 2.31. The summed E-state index contributed by atoms with van der Waals surface area (Å²) in [6, 6.07) is 6.99. The molecule has 2 heterocycles. The van der Waals surface area contributed by atoms with Crippen LogP contribution in [0.1, 0.15) is 38.2 Å². The Morgan fingerprint density at radius 2 is 1.78 bits per heavy atom. The maximum Gasteiger partial charge on any atom is 0.243 e. The Kier molecular flexibility index (Phi) is 7.68. The van der Waals surface area contributed by atoms with E-state index in [9.17, 15) is 13.2 Å². The Balaban J connectivity index is 0.00000261. The fourth-order valence-electron chi connectivity index (χ4n) is 3.97. The van der Waals surface area contributed by atoms with Gasteiger partial charge in [-0.25, -0.2) is 8.42 Å². The molecule has 2 aliphatic rings. The normalized spacial score (nSPS) is 23.9. The lowest BCUT2D eigenvalue weighted by Crippen LogP contribution is -2.36. The van der Waals surface area contributed by atoms with Crippen LogP contribution in [0.25, 0.3) is 0 Å². The monoisotopic (exact) mass is 415 g/mol. The average molecular weight is 416 g/mol. The molecule has 152 valence electrons. The molecule has 8 heteroatoms. The smallest absolute Gasteiger partial charge is 0.243 e. The van der Waals surface area contributed by atoms with E-state index in [1.165, 1.54) is 0 Å². The number of carbonyl (C=O) groups is 1. The molecule has 1 amide bonds. The minimum absolute atomic E-state index is 0. The molecule has 0 aliphatic carbocycles. The number of hydrogen-bond donors (Lipinski definition) is 1. The van der Waals surface area contributed by atoms with Crippen molar-refractivity contribution in [2.75, 3.05) is 26.2 Å². The number of rotatable bonds is 5. The number of piperidine rings is 1. The number of sulfonamides is 1. The lowest BCUT2D eigenvalue weighted by atomic mass is 10.1. The maximum atomic E-state index is 12.7. The number of nitrogens with two attached hydrogens (primary N) is 1. The van der Waals surface area contributed by atoms with Gasteiger partial charge in [-0.05, 0) is 56.3 Å². The largest absolute Gasteiger partial charge is 0.339 e. The van der Waals surface area contributed by atoms with Crippen molar-refractivity contribution in [3.05, 3.63) is 29.8 Å². The molecule has 2 saturated heterocycles. The van der Waals surface area contributed by atoms with Crippen LogP contribution in [-0.2, 0) is 21.2 Å². The average Bonchev–Trinajstić information content (AvgIpc) is 3.04. The number of amides is 1. The number of halogens is 1. The lowest BCUT2D eigenvalue weighted by molar-refractivity contribution is -0.131. The molecule has 0 radical (unpaired) electrons. The third kappa shape index (κ3) is 5.02. The van der Waals surface area contributed by atoms with Crippen molar-refractivity contribution in [3.63, 3.8) is 0 Å². The van der Waals surface area contributed by atoms with Gasteiger partial charge in [0.05, 0.1) is 11.3 Å². The van der Waals surface area contributed by atoms with E-state index in [0.717, 1.165) is 37.8 Å². The summed E-state index contributed by atoms with van der Waals surface area (Å²) >= 11 is 0. The number of hydrogen-bond acceptors (Lipinski definition) is 4. The van der Waals surface area contributed by atoms with Crippen LogP contribution in [0.15, 0.2) is 29.2 Å². The first-order valence-corrected chi connectivity index (χ1v) is 10.9. The molecule has 1 aromatic carbocycles. The molecule has 2 aliphatic heterocycles. The van der Waals surface area contributed by atoms with E-state index in [0.29, 0.717) is 36.9 Å². The first kappa shape index (κ1) is 22.1. The van der Waals surface area contributed by atoms with Crippen molar-refractivity contribution in [1.82, 2.24) is 9.21 Å². The second-order valence-corrected chi connectivity index (χ2v) is 9.46. The Morgan fingerprint density at radius 1 is 1.15 bits per heavy atom. The van der Waals surface area contributed by atoms with Gasteiger partial charge in [-0.3, -0.25) is 4.79 Å². The minimum Gasteiger partial charge on any atom is -0.339 e. The van der Waals surface area contributed by atoms with E-state index in [1.807, 2.05) is 4.90 Å². The fraction of sp³-hybridized carbons (Fsp3) is 0.632. The van der Waals surface area contributed by atoms with Gasteiger partial charge in [-0.1, -0.05) is 18.6 Å². The van der Waals surface area contributed by atoms with E-state index in [2.05, 4.69) is 6.92 Å². The van der Waals surface area contributed by atoms with Gasteiger partial charge >= 0.3 is 0 Å². The van der Waals surface area contributed by atoms with Gasteiger partial charge in [0, 0.05) is 25.7 Å². The number of benzene rings is 1. The summed E-state index contributed by atoms with van der Waals surface area (Å²) in [6.45, 7) is 4.58. The molecule has 6 nitrogen and oxygen atoms in total. The highest BCUT2D eigenvalue weighted by Crippen LogP contribution is 2.24. The van der Waals surface area contributed by atoms with Gasteiger partial charge in [-0.2, -0.15) is 4.31 Å². The van der Waals surface area contributed by atoms with Gasteiger partial charge in [0.2, 0.25) is 15.9 Å². The highest BCUT2D eigenvalue weighted by molar-refractivity contribution is 7.89. The Bertz CT molecular complexity index is 733. The molecule has 2 unspecified atom stereocenters. The van der Waals surface area contributed by atoms with Gasteiger partial charge in [0.15, 0.2) is 0 Å². The molecule has 0 saturated carbocycles. The second kappa shape index (κ2) is 9.37. The van der Waals surface area contributed by atoms with Crippen LogP contribution in [0.4, 0.5) is 0 Å². The molecule has 27 heavy (non-hydrogen) atoms. The van der Waals surface area contributed by atoms with Crippen molar-refractivity contribution >= 4 is 28.3 Å². The number of nitrogens with zero attached hydrogens (tertiary/aromatic N) is 2. The summed E-state index contributed by atoms with van der Waals surface area (Å²) in [5.74, 6) is 0.464. The molecule has 1 aromatic rings. The van der Waals surface area contributed by atoms with E-state index >= 15 is 0 Å². The van der Waals surface area contributed by atoms with Gasteiger partial charge < -0.3 is 10.6 Å². The Labute approximate surface area is 168 Å². The lowest BCUT2D eigenvalue weighted by Gasteiger charge is -2.26. The van der Waals surface area contributed by atoms with Crippen LogP contribution < -0.4 is 5.73 Å². The fourth-order valence-corrected chi connectivity index (χ4v) is 5.49. The van der Waals surface area contributed by atoms with E-state index in [-0.39, 0.29) is 24.4 Å². The quantitative estimate of drug-likeness (QED) is 0.797. The van der Waals surface area contributed by atoms with Crippen LogP contribution in [0, 0.1) is 5.92 Å². The molecular formula is C19H30ClN3O3S. The van der Waals surface area contributed by atoms with Crippen LogP contribution in [0.3, 0.4) is 0 Å². The number of likely N-dealkylation sites (tertiary alicyclic amines) is 1. The first-order chi connectivity index (χ1) is 12.4. The molecule has 3 rings (SSSR count). The zero-order valence-electron chi connectivity index (χ0n) is 15.8. The molecule has 0 spiro atoms. The molecule has 2 N–H and O–H groups in total. The SMILES string of the molecule is CC1CC(CN)CN1C(=O)Cc1ccc(S(=O)(=O)N2CCCCC2)cc1.Cl. The zero-order valence-corrected chi connectivity index (χ0v) is 17.5. The molecule has 0 aromatic heterocycles. The number of carbonyl (C=O) groups excluding carboxylic acids is 1. The summed E-state index contributed by atoms with van der Waals surface area (Å²) < 4.78 is 26.9. The van der Waals surface area contributed by atoms with Crippen molar-refractivity contribution in [2.45, 2.75) is 50.0 Å². The summed E-state index contributed by atoms with van der Waals surface area (Å²) in [5, 5.41) is 0. The highest BCUT2D eigenvalue weighted by atomic mass is 35.5. The summed E-state index contributed by atoms with van der Waals surface area (Å²) in [5.41, 5.74) is 6.57. The third-order valence-electron chi connectivity index (χ3n) is 5.55. The molecule has 2 fully saturated rings. The molecule has 0 bridgehead atoms. The summed E-state index contributed by atoms with van der Waals surface area (Å²) in [7, 11) is -3.42. The van der Waals surface area contributed by atoms with E-state index in [1.54, 1.807) is 28.6 Å². The standard InChI is InChI=1S/C19H29N3O3S.ClH/c1-15-11-17(13-20)14-22(15)19(23)12-16-5-7-18(8-6-16)26(24,25)21-9-3-2-4-10-21;/h5-8,15,17H,2-4,9-14,20H2,1H3;1H. The van der Waals surface area contributed by atoms with Crippen molar-refractivity contribution in [3.8, 4) is 0 Å². The third-order valence-corrected chi connectivity index (χ3v) is 7.46. The van der Waals surface area contributed by atoms with E-state index < -0.39 is 10.0 Å². The molecular weight excluding hydrogens is 386 g/mol. The minimum atomic E-state index is -3.42. The topological polar surface area (TPSA) is 83.7 Å². The van der Waals surface area contributed by atoms with Crippen LogP contribution in [0.2, 0.25) is 0 Å². The van der Waals surface area contributed by atoms with Crippen LogP contribution in [0.5, 0.6) is 0 Å². The van der Waals surface area contributed by atoms with Gasteiger partial charge in [-0.15, -0.1) is 12.4 Å². The molecule has 2 atom stereocenters. The predicted octanol–water partition coefficient (Wildman–Crippen LogP) is 2.02. The van der Waals surface area contributed by atoms with Crippen molar-refractivity contribution < 1.29 is 13.2 Å². The van der Waals surface area contributed by atoms with Gasteiger partial charge in [0.1, 0.15) is 0 Å². The predicted molar refractivity (Wildman–Crippen MR) is 108 cm³/mol.